The summed E-state index contributed by atoms with van der Waals surface area (Å²) in [6.07, 6.45) is 0. The van der Waals surface area contributed by atoms with Crippen LogP contribution in [-0.4, -0.2) is 0 Å². The molecule has 2 heteroatoms. The number of aryl methyl sites for hydroxylation is 1. The summed E-state index contributed by atoms with van der Waals surface area (Å²) in [6.45, 7) is 3.71. The number of rotatable bonds is 1. The van der Waals surface area contributed by atoms with Crippen molar-refractivity contribution in [1.29, 1.82) is 0 Å². The second kappa shape index (κ2) is 3.97. The lowest BCUT2D eigenvalue weighted by Gasteiger charge is -2.06. The van der Waals surface area contributed by atoms with Gasteiger partial charge in [0.2, 0.25) is 0 Å². The zero-order chi connectivity index (χ0) is 11.8. The van der Waals surface area contributed by atoms with Gasteiger partial charge in [0.15, 0.2) is 0 Å². The van der Waals surface area contributed by atoms with Gasteiger partial charge in [0, 0.05) is 18.7 Å². The average Bonchev–Trinajstić information content (AvgIpc) is 2.75. The quantitative estimate of drug-likeness (QED) is 0.787. The van der Waals surface area contributed by atoms with Gasteiger partial charge in [-0.15, -0.1) is 0 Å². The molecule has 2 aromatic rings. The van der Waals surface area contributed by atoms with Crippen LogP contribution in [0.5, 0.6) is 0 Å². The molecule has 0 radical (unpaired) electrons. The predicted molar refractivity (Wildman–Crippen MR) is 67.1 cm³/mol. The van der Waals surface area contributed by atoms with Crippen LogP contribution in [0.1, 0.15) is 16.7 Å². The Labute approximate surface area is 100 Å². The molecular weight excluding hydrogens is 213 g/mol. The minimum absolute atomic E-state index is 0.143. The van der Waals surface area contributed by atoms with Crippen molar-refractivity contribution in [2.75, 3.05) is 0 Å². The highest BCUT2D eigenvalue weighted by atomic mass is 19.1. The van der Waals surface area contributed by atoms with Gasteiger partial charge in [0.25, 0.3) is 0 Å². The molecule has 1 nitrogen and oxygen atoms in total. The molecule has 1 aliphatic heterocycles. The van der Waals surface area contributed by atoms with E-state index >= 15 is 0 Å². The van der Waals surface area contributed by atoms with Gasteiger partial charge in [0.1, 0.15) is 5.82 Å². The van der Waals surface area contributed by atoms with Crippen LogP contribution in [0.4, 0.5) is 4.39 Å². The van der Waals surface area contributed by atoms with Crippen LogP contribution in [0, 0.1) is 12.7 Å². The smallest absolute Gasteiger partial charge is 0.131 e. The van der Waals surface area contributed by atoms with E-state index in [4.69, 9.17) is 0 Å². The first-order valence-electron chi connectivity index (χ1n) is 5.83. The second-order valence-electron chi connectivity index (χ2n) is 4.57. The van der Waals surface area contributed by atoms with E-state index in [1.165, 1.54) is 11.1 Å². The van der Waals surface area contributed by atoms with E-state index in [0.717, 1.165) is 24.2 Å². The fraction of sp³-hybridized carbons (Fsp3) is 0.200. The third kappa shape index (κ3) is 1.85. The second-order valence-corrected chi connectivity index (χ2v) is 4.57. The Bertz CT molecular complexity index is 575. The molecule has 0 aliphatic carbocycles. The van der Waals surface area contributed by atoms with Crippen LogP contribution in [-0.2, 0) is 13.1 Å². The van der Waals surface area contributed by atoms with Crippen molar-refractivity contribution in [1.82, 2.24) is 5.32 Å². The minimum atomic E-state index is -0.143. The number of hydrogen-bond donors (Lipinski definition) is 1. The lowest BCUT2D eigenvalue weighted by molar-refractivity contribution is 0.630. The normalized spacial score (nSPS) is 13.8. The SMILES string of the molecule is Cc1ccc(-c2ccc3c(c2)CNC3)c(F)c1. The van der Waals surface area contributed by atoms with Gasteiger partial charge in [-0.25, -0.2) is 4.39 Å². The molecule has 0 atom stereocenters. The molecule has 0 aromatic heterocycles. The van der Waals surface area contributed by atoms with Crippen LogP contribution >= 0.6 is 0 Å². The van der Waals surface area contributed by atoms with Crippen LogP contribution in [0.15, 0.2) is 36.4 Å². The maximum atomic E-state index is 13.9. The molecule has 0 unspecified atom stereocenters. The van der Waals surface area contributed by atoms with Crippen molar-refractivity contribution in [3.63, 3.8) is 0 Å². The van der Waals surface area contributed by atoms with Gasteiger partial charge < -0.3 is 5.32 Å². The molecule has 1 heterocycles. The minimum Gasteiger partial charge on any atom is -0.309 e. The third-order valence-corrected chi connectivity index (χ3v) is 3.27. The fourth-order valence-electron chi connectivity index (χ4n) is 2.32. The Balaban J connectivity index is 2.09. The fourth-order valence-corrected chi connectivity index (χ4v) is 2.32. The first kappa shape index (κ1) is 10.5. The molecule has 86 valence electrons. The van der Waals surface area contributed by atoms with E-state index in [0.29, 0.717) is 5.56 Å². The van der Waals surface area contributed by atoms with Gasteiger partial charge in [-0.1, -0.05) is 24.3 Å². The Kier molecular flexibility index (Phi) is 2.45. The summed E-state index contributed by atoms with van der Waals surface area (Å²) in [4.78, 5) is 0. The molecule has 3 rings (SSSR count). The highest BCUT2D eigenvalue weighted by Crippen LogP contribution is 2.27. The first-order valence-corrected chi connectivity index (χ1v) is 5.83. The highest BCUT2D eigenvalue weighted by molar-refractivity contribution is 5.66. The number of hydrogen-bond acceptors (Lipinski definition) is 1. The summed E-state index contributed by atoms with van der Waals surface area (Å²) < 4.78 is 13.9. The van der Waals surface area contributed by atoms with E-state index in [-0.39, 0.29) is 5.82 Å². The molecule has 2 aromatic carbocycles. The van der Waals surface area contributed by atoms with Gasteiger partial charge in [-0.3, -0.25) is 0 Å². The summed E-state index contributed by atoms with van der Waals surface area (Å²) in [6, 6.07) is 11.6. The highest BCUT2D eigenvalue weighted by Gasteiger charge is 2.12. The largest absolute Gasteiger partial charge is 0.309 e. The Hall–Kier alpha value is -1.67. The number of benzene rings is 2. The molecule has 1 N–H and O–H groups in total. The Morgan fingerprint density at radius 3 is 2.65 bits per heavy atom. The standard InChI is InChI=1S/C15H14FN/c1-10-2-5-14(15(16)6-10)11-3-4-12-8-17-9-13(12)7-11/h2-7,17H,8-9H2,1H3. The van der Waals surface area contributed by atoms with Gasteiger partial charge >= 0.3 is 0 Å². The van der Waals surface area contributed by atoms with Crippen molar-refractivity contribution in [2.45, 2.75) is 20.0 Å². The van der Waals surface area contributed by atoms with E-state index in [9.17, 15) is 4.39 Å². The summed E-state index contributed by atoms with van der Waals surface area (Å²) >= 11 is 0. The van der Waals surface area contributed by atoms with Gasteiger partial charge in [0.05, 0.1) is 0 Å². The van der Waals surface area contributed by atoms with Gasteiger partial charge in [-0.05, 0) is 41.3 Å². The first-order chi connectivity index (χ1) is 8.24. The summed E-state index contributed by atoms with van der Waals surface area (Å²) in [5.74, 6) is -0.143. The summed E-state index contributed by atoms with van der Waals surface area (Å²) in [5.41, 5.74) is 5.20. The maximum absolute atomic E-state index is 13.9. The maximum Gasteiger partial charge on any atom is 0.131 e. The number of fused-ring (bicyclic) bond motifs is 1. The Morgan fingerprint density at radius 2 is 1.82 bits per heavy atom. The van der Waals surface area contributed by atoms with Crippen molar-refractivity contribution in [2.24, 2.45) is 0 Å². The molecular formula is C15H14FN. The van der Waals surface area contributed by atoms with Crippen LogP contribution < -0.4 is 5.32 Å². The molecule has 1 aliphatic rings. The van der Waals surface area contributed by atoms with E-state index in [1.807, 2.05) is 25.1 Å². The number of nitrogens with one attached hydrogen (secondary N) is 1. The topological polar surface area (TPSA) is 12.0 Å². The number of halogens is 1. The van der Waals surface area contributed by atoms with Crippen LogP contribution in [0.2, 0.25) is 0 Å². The van der Waals surface area contributed by atoms with E-state index in [2.05, 4.69) is 17.4 Å². The van der Waals surface area contributed by atoms with Crippen molar-refractivity contribution >= 4 is 0 Å². The van der Waals surface area contributed by atoms with Crippen molar-refractivity contribution in [3.8, 4) is 11.1 Å². The summed E-state index contributed by atoms with van der Waals surface area (Å²) in [7, 11) is 0. The summed E-state index contributed by atoms with van der Waals surface area (Å²) in [5, 5.41) is 3.30. The predicted octanol–water partition coefficient (Wildman–Crippen LogP) is 3.40. The van der Waals surface area contributed by atoms with Crippen LogP contribution in [0.25, 0.3) is 11.1 Å². The van der Waals surface area contributed by atoms with Gasteiger partial charge in [-0.2, -0.15) is 0 Å². The zero-order valence-electron chi connectivity index (χ0n) is 9.76. The molecule has 0 saturated carbocycles. The lowest BCUT2D eigenvalue weighted by Crippen LogP contribution is -1.99. The van der Waals surface area contributed by atoms with Crippen molar-refractivity contribution < 1.29 is 4.39 Å². The van der Waals surface area contributed by atoms with Crippen molar-refractivity contribution in [3.05, 3.63) is 58.9 Å². The molecule has 0 amide bonds. The third-order valence-electron chi connectivity index (χ3n) is 3.27. The van der Waals surface area contributed by atoms with E-state index in [1.54, 1.807) is 6.07 Å². The Morgan fingerprint density at radius 1 is 1.00 bits per heavy atom. The average molecular weight is 227 g/mol. The molecule has 17 heavy (non-hydrogen) atoms. The van der Waals surface area contributed by atoms with Crippen LogP contribution in [0.3, 0.4) is 0 Å². The molecule has 0 spiro atoms. The lowest BCUT2D eigenvalue weighted by atomic mass is 9.99. The zero-order valence-corrected chi connectivity index (χ0v) is 9.76. The molecule has 0 bridgehead atoms. The monoisotopic (exact) mass is 227 g/mol. The van der Waals surface area contributed by atoms with E-state index < -0.39 is 0 Å². The molecule has 0 fully saturated rings. The molecule has 0 saturated heterocycles.